The summed E-state index contributed by atoms with van der Waals surface area (Å²) in [5.41, 5.74) is -0.0640. The minimum atomic E-state index is -0.448. The molecule has 1 rings (SSSR count). The van der Waals surface area contributed by atoms with E-state index < -0.39 is 10.5 Å². The van der Waals surface area contributed by atoms with E-state index in [9.17, 15) is 10.1 Å². The molecule has 0 bridgehead atoms. The average Bonchev–Trinajstić information content (AvgIpc) is 2.27. The van der Waals surface area contributed by atoms with Crippen molar-refractivity contribution in [2.45, 2.75) is 25.8 Å². The smallest absolute Gasteiger partial charge is 0.292 e. The minimum Gasteiger partial charge on any atom is -0.497 e. The summed E-state index contributed by atoms with van der Waals surface area (Å²) in [5, 5.41) is 23.0. The molecule has 0 aliphatic heterocycles. The number of rotatable bonds is 6. The molecule has 6 heteroatoms. The van der Waals surface area contributed by atoms with Gasteiger partial charge in [0.2, 0.25) is 0 Å². The van der Waals surface area contributed by atoms with Crippen LogP contribution in [0.5, 0.6) is 5.75 Å². The lowest BCUT2D eigenvalue weighted by Gasteiger charge is -2.26. The summed E-state index contributed by atoms with van der Waals surface area (Å²) in [6.45, 7) is 3.75. The first-order valence-corrected chi connectivity index (χ1v) is 5.61. The number of nitro groups is 1. The first-order chi connectivity index (χ1) is 8.39. The molecule has 0 aromatic heterocycles. The van der Waals surface area contributed by atoms with Gasteiger partial charge in [0.05, 0.1) is 12.0 Å². The van der Waals surface area contributed by atoms with Crippen molar-refractivity contribution in [3.8, 4) is 5.75 Å². The van der Waals surface area contributed by atoms with Crippen molar-refractivity contribution in [1.29, 1.82) is 0 Å². The van der Waals surface area contributed by atoms with Crippen molar-refractivity contribution >= 4 is 11.4 Å². The Morgan fingerprint density at radius 2 is 2.17 bits per heavy atom. The zero-order valence-corrected chi connectivity index (χ0v) is 10.8. The Morgan fingerprint density at radius 3 is 2.67 bits per heavy atom. The molecule has 0 unspecified atom stereocenters. The molecule has 0 aliphatic rings. The lowest BCUT2D eigenvalue weighted by atomic mass is 10.0. The number of aliphatic hydroxyl groups excluding tert-OH is 1. The van der Waals surface area contributed by atoms with E-state index in [4.69, 9.17) is 9.84 Å². The standard InChI is InChI=1S/C12H18N2O4/c1-12(2,6-7-15)13-10-8-9(18-3)4-5-11(10)14(16)17/h4-5,8,13,15H,6-7H2,1-3H3. The zero-order valence-electron chi connectivity index (χ0n) is 10.8. The van der Waals surface area contributed by atoms with Gasteiger partial charge in [-0.1, -0.05) is 0 Å². The highest BCUT2D eigenvalue weighted by molar-refractivity contribution is 5.65. The number of hydrogen-bond donors (Lipinski definition) is 2. The molecule has 0 amide bonds. The molecular weight excluding hydrogens is 236 g/mol. The number of aliphatic hydroxyl groups is 1. The van der Waals surface area contributed by atoms with E-state index in [1.54, 1.807) is 12.1 Å². The minimum absolute atomic E-state index is 0.0117. The molecular formula is C12H18N2O4. The molecule has 1 aromatic rings. The maximum atomic E-state index is 10.9. The Morgan fingerprint density at radius 1 is 1.50 bits per heavy atom. The second kappa shape index (κ2) is 5.68. The predicted octanol–water partition coefficient (Wildman–Crippen LogP) is 2.18. The van der Waals surface area contributed by atoms with E-state index in [2.05, 4.69) is 5.32 Å². The Kier molecular flexibility index (Phi) is 4.49. The highest BCUT2D eigenvalue weighted by atomic mass is 16.6. The number of nitrogens with zero attached hydrogens (tertiary/aromatic N) is 1. The fourth-order valence-corrected chi connectivity index (χ4v) is 1.61. The molecule has 0 fully saturated rings. The van der Waals surface area contributed by atoms with Gasteiger partial charge in [-0.05, 0) is 26.3 Å². The van der Waals surface area contributed by atoms with Gasteiger partial charge in [0.1, 0.15) is 11.4 Å². The van der Waals surface area contributed by atoms with Crippen molar-refractivity contribution in [2.75, 3.05) is 19.0 Å². The van der Waals surface area contributed by atoms with Gasteiger partial charge >= 0.3 is 0 Å². The quantitative estimate of drug-likeness (QED) is 0.600. The molecule has 0 saturated carbocycles. The molecule has 0 spiro atoms. The second-order valence-corrected chi connectivity index (χ2v) is 4.62. The van der Waals surface area contributed by atoms with Gasteiger partial charge < -0.3 is 15.2 Å². The highest BCUT2D eigenvalue weighted by Crippen LogP contribution is 2.31. The van der Waals surface area contributed by atoms with E-state index >= 15 is 0 Å². The van der Waals surface area contributed by atoms with Crippen LogP contribution in [0, 0.1) is 10.1 Å². The van der Waals surface area contributed by atoms with Crippen LogP contribution in [0.25, 0.3) is 0 Å². The molecule has 100 valence electrons. The molecule has 6 nitrogen and oxygen atoms in total. The second-order valence-electron chi connectivity index (χ2n) is 4.62. The number of benzene rings is 1. The largest absolute Gasteiger partial charge is 0.497 e. The van der Waals surface area contributed by atoms with Crippen LogP contribution in [-0.2, 0) is 0 Å². The topological polar surface area (TPSA) is 84.6 Å². The number of hydrogen-bond acceptors (Lipinski definition) is 5. The van der Waals surface area contributed by atoms with E-state index in [0.29, 0.717) is 17.9 Å². The van der Waals surface area contributed by atoms with Crippen molar-refractivity contribution in [2.24, 2.45) is 0 Å². The summed E-state index contributed by atoms with van der Waals surface area (Å²) in [6, 6.07) is 4.52. The van der Waals surface area contributed by atoms with E-state index in [0.717, 1.165) is 0 Å². The van der Waals surface area contributed by atoms with Crippen LogP contribution in [-0.4, -0.2) is 29.3 Å². The van der Waals surface area contributed by atoms with Crippen molar-refractivity contribution in [3.05, 3.63) is 28.3 Å². The van der Waals surface area contributed by atoms with E-state index in [-0.39, 0.29) is 12.3 Å². The third-order valence-electron chi connectivity index (χ3n) is 2.61. The average molecular weight is 254 g/mol. The molecule has 0 atom stereocenters. The fraction of sp³-hybridized carbons (Fsp3) is 0.500. The molecule has 18 heavy (non-hydrogen) atoms. The number of nitro benzene ring substituents is 1. The summed E-state index contributed by atoms with van der Waals surface area (Å²) in [7, 11) is 1.50. The molecule has 0 aliphatic carbocycles. The zero-order chi connectivity index (χ0) is 13.8. The molecule has 0 saturated heterocycles. The summed E-state index contributed by atoms with van der Waals surface area (Å²) in [5.74, 6) is 0.544. The fourth-order valence-electron chi connectivity index (χ4n) is 1.61. The van der Waals surface area contributed by atoms with Gasteiger partial charge in [-0.3, -0.25) is 10.1 Å². The normalized spacial score (nSPS) is 11.1. The number of nitrogens with one attached hydrogen (secondary N) is 1. The number of ether oxygens (including phenoxy) is 1. The lowest BCUT2D eigenvalue weighted by molar-refractivity contribution is -0.384. The van der Waals surface area contributed by atoms with Crippen LogP contribution in [0.1, 0.15) is 20.3 Å². The Bertz CT molecular complexity index is 432. The summed E-state index contributed by atoms with van der Waals surface area (Å²) >= 11 is 0. The van der Waals surface area contributed by atoms with E-state index in [1.807, 2.05) is 13.8 Å². The monoisotopic (exact) mass is 254 g/mol. The van der Waals surface area contributed by atoms with Crippen LogP contribution in [0.4, 0.5) is 11.4 Å². The molecule has 1 aromatic carbocycles. The van der Waals surface area contributed by atoms with Gasteiger partial charge in [0, 0.05) is 24.3 Å². The van der Waals surface area contributed by atoms with Gasteiger partial charge in [0.25, 0.3) is 5.69 Å². The lowest BCUT2D eigenvalue weighted by Crippen LogP contribution is -2.32. The van der Waals surface area contributed by atoms with Crippen LogP contribution in [0.15, 0.2) is 18.2 Å². The predicted molar refractivity (Wildman–Crippen MR) is 69.1 cm³/mol. The highest BCUT2D eigenvalue weighted by Gasteiger charge is 2.22. The van der Waals surface area contributed by atoms with Gasteiger partial charge in [0.15, 0.2) is 0 Å². The first-order valence-electron chi connectivity index (χ1n) is 5.61. The summed E-state index contributed by atoms with van der Waals surface area (Å²) < 4.78 is 5.05. The van der Waals surface area contributed by atoms with Gasteiger partial charge in [-0.25, -0.2) is 0 Å². The molecule has 2 N–H and O–H groups in total. The summed E-state index contributed by atoms with van der Waals surface area (Å²) in [4.78, 5) is 10.5. The van der Waals surface area contributed by atoms with Crippen LogP contribution >= 0.6 is 0 Å². The molecule has 0 radical (unpaired) electrons. The van der Waals surface area contributed by atoms with Gasteiger partial charge in [-0.2, -0.15) is 0 Å². The van der Waals surface area contributed by atoms with Crippen molar-refractivity contribution in [1.82, 2.24) is 0 Å². The Hall–Kier alpha value is -1.82. The maximum Gasteiger partial charge on any atom is 0.292 e. The van der Waals surface area contributed by atoms with Crippen LogP contribution < -0.4 is 10.1 Å². The summed E-state index contributed by atoms with van der Waals surface area (Å²) in [6.07, 6.45) is 0.487. The SMILES string of the molecule is COc1ccc([N+](=O)[O-])c(NC(C)(C)CCO)c1. The van der Waals surface area contributed by atoms with Crippen molar-refractivity contribution in [3.63, 3.8) is 0 Å². The number of methoxy groups -OCH3 is 1. The Labute approximate surface area is 106 Å². The third-order valence-corrected chi connectivity index (χ3v) is 2.61. The van der Waals surface area contributed by atoms with Crippen molar-refractivity contribution < 1.29 is 14.8 Å². The molecule has 0 heterocycles. The number of anilines is 1. The van der Waals surface area contributed by atoms with Gasteiger partial charge in [-0.15, -0.1) is 0 Å². The van der Waals surface area contributed by atoms with Crippen LogP contribution in [0.2, 0.25) is 0 Å². The van der Waals surface area contributed by atoms with E-state index in [1.165, 1.54) is 13.2 Å². The van der Waals surface area contributed by atoms with Crippen LogP contribution in [0.3, 0.4) is 0 Å². The third kappa shape index (κ3) is 3.59. The first kappa shape index (κ1) is 14.2. The Balaban J connectivity index is 3.08. The maximum absolute atomic E-state index is 10.9.